The van der Waals surface area contributed by atoms with Crippen molar-refractivity contribution in [1.82, 2.24) is 0 Å². The second-order valence-electron chi connectivity index (χ2n) is 6.78. The maximum absolute atomic E-state index is 6.75. The predicted octanol–water partition coefficient (Wildman–Crippen LogP) is 4.90. The number of hydrogen-bond donors (Lipinski definition) is 0. The Morgan fingerprint density at radius 3 is 1.74 bits per heavy atom. The van der Waals surface area contributed by atoms with Crippen LogP contribution in [-0.4, -0.2) is 14.9 Å². The maximum atomic E-state index is 6.75. The second-order valence-corrected chi connectivity index (χ2v) is 12.6. The zero-order valence-electron chi connectivity index (χ0n) is 14.2. The first-order chi connectivity index (χ1) is 10.9. The monoisotopic (exact) mass is 436 g/mol. The van der Waals surface area contributed by atoms with Crippen LogP contribution in [0.25, 0.3) is 0 Å². The normalized spacial score (nSPS) is 12.2. The van der Waals surface area contributed by atoms with E-state index in [0.717, 1.165) is 16.6 Å². The highest BCUT2D eigenvalue weighted by molar-refractivity contribution is 14.1. The lowest BCUT2D eigenvalue weighted by Gasteiger charge is -2.43. The van der Waals surface area contributed by atoms with Crippen LogP contribution in [0, 0.1) is 0 Å². The summed E-state index contributed by atoms with van der Waals surface area (Å²) in [6.45, 7) is 11.6. The fraction of sp³-hybridized carbons (Fsp3) is 0.300. The summed E-state index contributed by atoms with van der Waals surface area (Å²) in [5.74, 6) is 0. The SMILES string of the molecule is C=C(I)CCO[Si](c1ccccc1)(c1ccccc1)C(C)(C)C. The molecule has 0 bridgehead atoms. The van der Waals surface area contributed by atoms with E-state index >= 15 is 0 Å². The number of benzene rings is 2. The molecule has 2 aromatic carbocycles. The van der Waals surface area contributed by atoms with Gasteiger partial charge >= 0.3 is 0 Å². The molecule has 0 aliphatic rings. The zero-order valence-corrected chi connectivity index (χ0v) is 17.3. The Morgan fingerprint density at radius 2 is 1.39 bits per heavy atom. The molecule has 0 N–H and O–H groups in total. The average Bonchev–Trinajstić information content (AvgIpc) is 2.52. The lowest BCUT2D eigenvalue weighted by Crippen LogP contribution is -2.66. The Bertz CT molecular complexity index is 592. The van der Waals surface area contributed by atoms with Crippen molar-refractivity contribution < 1.29 is 4.43 Å². The molecule has 3 heteroatoms. The molecule has 0 radical (unpaired) electrons. The van der Waals surface area contributed by atoms with Gasteiger partial charge in [0.15, 0.2) is 0 Å². The van der Waals surface area contributed by atoms with Gasteiger partial charge in [-0.3, -0.25) is 0 Å². The summed E-state index contributed by atoms with van der Waals surface area (Å²) < 4.78 is 7.89. The fourth-order valence-corrected chi connectivity index (χ4v) is 7.86. The average molecular weight is 436 g/mol. The Morgan fingerprint density at radius 1 is 0.957 bits per heavy atom. The summed E-state index contributed by atoms with van der Waals surface area (Å²) in [7, 11) is -2.36. The number of halogens is 1. The van der Waals surface area contributed by atoms with Gasteiger partial charge in [0.2, 0.25) is 0 Å². The Hall–Kier alpha value is -0.913. The molecule has 2 rings (SSSR count). The minimum atomic E-state index is -2.36. The quantitative estimate of drug-likeness (QED) is 0.462. The van der Waals surface area contributed by atoms with Gasteiger partial charge in [0.05, 0.1) is 0 Å². The first kappa shape index (κ1) is 18.4. The molecular weight excluding hydrogens is 411 g/mol. The molecule has 0 atom stereocenters. The van der Waals surface area contributed by atoms with E-state index < -0.39 is 8.32 Å². The van der Waals surface area contributed by atoms with Crippen molar-refractivity contribution in [2.45, 2.75) is 32.2 Å². The fourth-order valence-electron chi connectivity index (χ4n) is 3.08. The van der Waals surface area contributed by atoms with Crippen LogP contribution in [0.1, 0.15) is 27.2 Å². The number of rotatable bonds is 6. The summed E-state index contributed by atoms with van der Waals surface area (Å²) in [5.41, 5.74) is 0. The molecule has 0 aliphatic heterocycles. The van der Waals surface area contributed by atoms with Crippen LogP contribution in [0.3, 0.4) is 0 Å². The van der Waals surface area contributed by atoms with Gasteiger partial charge in [0.1, 0.15) is 0 Å². The molecule has 23 heavy (non-hydrogen) atoms. The molecule has 0 unspecified atom stereocenters. The molecule has 0 aliphatic carbocycles. The zero-order chi connectivity index (χ0) is 16.9. The summed E-state index contributed by atoms with van der Waals surface area (Å²) in [6.07, 6.45) is 0.894. The summed E-state index contributed by atoms with van der Waals surface area (Å²) >= 11 is 2.29. The van der Waals surface area contributed by atoms with Crippen LogP contribution in [-0.2, 0) is 4.43 Å². The standard InChI is InChI=1S/C20H25IOSi/c1-17(21)15-16-22-23(20(2,3)4,18-11-7-5-8-12-18)19-13-9-6-10-14-19/h5-14H,1,15-16H2,2-4H3. The molecule has 0 heterocycles. The Kier molecular flexibility index (Phi) is 6.23. The summed E-state index contributed by atoms with van der Waals surface area (Å²) in [4.78, 5) is 0. The van der Waals surface area contributed by atoms with Gasteiger partial charge < -0.3 is 4.43 Å². The van der Waals surface area contributed by atoms with Crippen LogP contribution in [0.5, 0.6) is 0 Å². The van der Waals surface area contributed by atoms with E-state index in [0.29, 0.717) is 0 Å². The summed E-state index contributed by atoms with van der Waals surface area (Å²) in [6, 6.07) is 21.5. The maximum Gasteiger partial charge on any atom is 0.261 e. The largest absolute Gasteiger partial charge is 0.407 e. The van der Waals surface area contributed by atoms with Gasteiger partial charge in [0.25, 0.3) is 8.32 Å². The van der Waals surface area contributed by atoms with E-state index in [1.807, 2.05) is 0 Å². The third kappa shape index (κ3) is 4.14. The smallest absolute Gasteiger partial charge is 0.261 e. The number of hydrogen-bond acceptors (Lipinski definition) is 1. The minimum absolute atomic E-state index is 0.0440. The van der Waals surface area contributed by atoms with Crippen LogP contribution in [0.4, 0.5) is 0 Å². The van der Waals surface area contributed by atoms with Crippen LogP contribution < -0.4 is 10.4 Å². The molecule has 0 spiro atoms. The highest BCUT2D eigenvalue weighted by Crippen LogP contribution is 2.36. The van der Waals surface area contributed by atoms with Gasteiger partial charge in [-0.05, 0) is 48.0 Å². The van der Waals surface area contributed by atoms with Crippen molar-refractivity contribution in [2.24, 2.45) is 0 Å². The van der Waals surface area contributed by atoms with E-state index in [2.05, 4.69) is 111 Å². The van der Waals surface area contributed by atoms with Crippen LogP contribution in [0.2, 0.25) is 5.04 Å². The molecule has 0 aromatic heterocycles. The van der Waals surface area contributed by atoms with Crippen molar-refractivity contribution in [1.29, 1.82) is 0 Å². The lowest BCUT2D eigenvalue weighted by molar-refractivity contribution is 0.304. The van der Waals surface area contributed by atoms with Gasteiger partial charge in [-0.25, -0.2) is 0 Å². The van der Waals surface area contributed by atoms with Crippen molar-refractivity contribution in [3.63, 3.8) is 0 Å². The van der Waals surface area contributed by atoms with Crippen molar-refractivity contribution in [3.05, 3.63) is 70.8 Å². The van der Waals surface area contributed by atoms with Crippen LogP contribution >= 0.6 is 22.6 Å². The second kappa shape index (κ2) is 7.77. The van der Waals surface area contributed by atoms with E-state index in [-0.39, 0.29) is 5.04 Å². The van der Waals surface area contributed by atoms with E-state index in [1.165, 1.54) is 10.4 Å². The first-order valence-corrected chi connectivity index (χ1v) is 10.9. The van der Waals surface area contributed by atoms with Gasteiger partial charge in [-0.1, -0.05) is 88.0 Å². The van der Waals surface area contributed by atoms with Gasteiger partial charge in [0, 0.05) is 6.61 Å². The summed E-state index contributed by atoms with van der Waals surface area (Å²) in [5, 5.41) is 2.71. The molecule has 122 valence electrons. The molecule has 0 fully saturated rings. The van der Waals surface area contributed by atoms with Crippen molar-refractivity contribution >= 4 is 41.3 Å². The third-order valence-electron chi connectivity index (χ3n) is 4.11. The predicted molar refractivity (Wildman–Crippen MR) is 111 cm³/mol. The molecule has 2 aromatic rings. The molecule has 0 amide bonds. The van der Waals surface area contributed by atoms with E-state index in [1.54, 1.807) is 0 Å². The minimum Gasteiger partial charge on any atom is -0.407 e. The van der Waals surface area contributed by atoms with E-state index in [4.69, 9.17) is 4.43 Å². The molecule has 0 saturated heterocycles. The third-order valence-corrected chi connectivity index (χ3v) is 9.69. The van der Waals surface area contributed by atoms with E-state index in [9.17, 15) is 0 Å². The highest BCUT2D eigenvalue weighted by atomic mass is 127. The Labute approximate surface area is 155 Å². The first-order valence-electron chi connectivity index (χ1n) is 7.96. The molecule has 1 nitrogen and oxygen atoms in total. The molecular formula is C20H25IOSi. The van der Waals surface area contributed by atoms with Crippen LogP contribution in [0.15, 0.2) is 70.8 Å². The van der Waals surface area contributed by atoms with Gasteiger partial charge in [-0.2, -0.15) is 0 Å². The van der Waals surface area contributed by atoms with Crippen molar-refractivity contribution in [3.8, 4) is 0 Å². The Balaban J connectivity index is 2.57. The highest BCUT2D eigenvalue weighted by Gasteiger charge is 2.49. The molecule has 0 saturated carbocycles. The lowest BCUT2D eigenvalue weighted by atomic mass is 10.2. The topological polar surface area (TPSA) is 9.23 Å². The van der Waals surface area contributed by atoms with Crippen molar-refractivity contribution in [2.75, 3.05) is 6.61 Å². The van der Waals surface area contributed by atoms with Gasteiger partial charge in [-0.15, -0.1) is 0 Å².